The summed E-state index contributed by atoms with van der Waals surface area (Å²) in [7, 11) is 3.82. The molecule has 16 heteroatoms. The van der Waals surface area contributed by atoms with E-state index in [4.69, 9.17) is 18.9 Å². The predicted molar refractivity (Wildman–Crippen MR) is 215 cm³/mol. The zero-order valence-corrected chi connectivity index (χ0v) is 36.0. The van der Waals surface area contributed by atoms with E-state index in [2.05, 4.69) is 28.3 Å². The van der Waals surface area contributed by atoms with Gasteiger partial charge in [-0.25, -0.2) is 4.79 Å². The molecule has 2 fully saturated rings. The molecule has 3 unspecified atom stereocenters. The maximum atomic E-state index is 14.0. The van der Waals surface area contributed by atoms with Crippen molar-refractivity contribution < 1.29 is 42.3 Å². The summed E-state index contributed by atoms with van der Waals surface area (Å²) in [6.45, 7) is 14.1. The third kappa shape index (κ3) is 11.2. The highest BCUT2D eigenvalue weighted by atomic mass is 32.2. The number of esters is 1. The van der Waals surface area contributed by atoms with E-state index in [0.717, 1.165) is 17.7 Å². The number of rotatable bonds is 10. The lowest BCUT2D eigenvalue weighted by atomic mass is 9.79. The molecule has 2 aromatic rings. The first-order chi connectivity index (χ1) is 27.1. The Hall–Kier alpha value is -3.44. The predicted octanol–water partition coefficient (Wildman–Crippen LogP) is 6.28. The molecule has 0 spiro atoms. The number of unbranched alkanes of at least 4 members (excludes halogenated alkanes) is 1. The SMILES string of the molecule is CC[C@H]1OC(=O)[C@H](C)C(=O)[C@H](C)[C@@H](O[C@@H]2OC(C)CC(N(C)C)C2O)/C(C)=C/CC[C@H](C)[C@H]2N(CCCCn3cc(-c4ccccn4)nn3)C(=O)O[C@]12C.CSF. The van der Waals surface area contributed by atoms with Crippen LogP contribution in [0.3, 0.4) is 0 Å². The first-order valence-electron chi connectivity index (χ1n) is 20.1. The van der Waals surface area contributed by atoms with Gasteiger partial charge in [0.15, 0.2) is 17.7 Å². The number of amides is 1. The number of pyridine rings is 1. The van der Waals surface area contributed by atoms with Gasteiger partial charge in [0.1, 0.15) is 23.8 Å². The second kappa shape index (κ2) is 21.0. The van der Waals surface area contributed by atoms with Crippen molar-refractivity contribution in [1.29, 1.82) is 0 Å². The number of hydrogen-bond donors (Lipinski definition) is 1. The van der Waals surface area contributed by atoms with Crippen LogP contribution in [0.4, 0.5) is 8.68 Å². The van der Waals surface area contributed by atoms with E-state index in [0.29, 0.717) is 50.9 Å². The lowest BCUT2D eigenvalue weighted by Crippen LogP contribution is -2.56. The second-order valence-electron chi connectivity index (χ2n) is 16.0. The fourth-order valence-electron chi connectivity index (χ4n) is 8.46. The largest absolute Gasteiger partial charge is 0.458 e. The lowest BCUT2D eigenvalue weighted by Gasteiger charge is -2.43. The molecule has 0 saturated carbocycles. The molecule has 11 atom stereocenters. The molecule has 1 N–H and O–H groups in total. The minimum atomic E-state index is -1.14. The van der Waals surface area contributed by atoms with Crippen molar-refractivity contribution in [3.05, 3.63) is 42.2 Å². The summed E-state index contributed by atoms with van der Waals surface area (Å²) in [4.78, 5) is 49.5. The van der Waals surface area contributed by atoms with Crippen LogP contribution in [0.2, 0.25) is 0 Å². The Morgan fingerprint density at radius 1 is 1.11 bits per heavy atom. The summed E-state index contributed by atoms with van der Waals surface area (Å²) in [5.41, 5.74) is 1.12. The van der Waals surface area contributed by atoms with Gasteiger partial charge in [0, 0.05) is 49.6 Å². The van der Waals surface area contributed by atoms with Crippen LogP contribution in [0.1, 0.15) is 87.0 Å². The molecule has 0 radical (unpaired) electrons. The van der Waals surface area contributed by atoms with E-state index in [1.807, 2.05) is 71.1 Å². The Balaban J connectivity index is 0.00000232. The van der Waals surface area contributed by atoms with Crippen molar-refractivity contribution in [3.8, 4) is 11.4 Å². The molecular weight excluding hydrogens is 756 g/mol. The number of halogens is 1. The van der Waals surface area contributed by atoms with Gasteiger partial charge in [-0.05, 0) is 104 Å². The fourth-order valence-corrected chi connectivity index (χ4v) is 8.46. The first-order valence-corrected chi connectivity index (χ1v) is 21.2. The Bertz CT molecular complexity index is 1650. The highest BCUT2D eigenvalue weighted by Crippen LogP contribution is 2.41. The van der Waals surface area contributed by atoms with Gasteiger partial charge < -0.3 is 33.9 Å². The van der Waals surface area contributed by atoms with Gasteiger partial charge in [-0.1, -0.05) is 38.1 Å². The molecule has 0 aliphatic carbocycles. The standard InChI is InChI=1S/C40H60N6O8.CH3FS/c1-10-32-40(7)36(46(39(50)54-40)21-14-13-20-45-23-30(42-43-45)29-18-11-12-19-41-29)25(3)17-15-16-24(2)35(27(5)33(47)28(6)37(49)52-32)53-38-34(48)31(44(8)9)22-26(4)51-38;1-3-2/h11-12,16,18-19,23,25-28,31-32,34-36,38,48H,10,13-15,17,20-22H2,1-9H3;1H3/b24-16+;/t25-,26?,27-,28+,31?,32+,34?,35-,36+,38-,40+;/m0./s1. The highest BCUT2D eigenvalue weighted by molar-refractivity contribution is 7.93. The number of carbonyl (C=O) groups is 3. The van der Waals surface area contributed by atoms with Crippen molar-refractivity contribution in [3.63, 3.8) is 0 Å². The van der Waals surface area contributed by atoms with E-state index in [9.17, 15) is 23.4 Å². The Morgan fingerprint density at radius 2 is 1.81 bits per heavy atom. The number of aromatic nitrogens is 4. The van der Waals surface area contributed by atoms with Crippen LogP contribution in [0.5, 0.6) is 0 Å². The number of aryl methyl sites for hydroxylation is 1. The average Bonchev–Trinajstić information content (AvgIpc) is 3.76. The number of allylic oxidation sites excluding steroid dienone is 1. The number of nitrogens with zero attached hydrogens (tertiary/aromatic N) is 6. The number of aliphatic hydroxyl groups excluding tert-OH is 1. The number of Topliss-reactive ketones (excluding diaryl/α,β-unsaturated/α-hetero) is 1. The number of carbonyl (C=O) groups excluding carboxylic acids is 3. The zero-order valence-electron chi connectivity index (χ0n) is 35.2. The van der Waals surface area contributed by atoms with Crippen LogP contribution in [0.25, 0.3) is 11.4 Å². The van der Waals surface area contributed by atoms with Crippen LogP contribution in [-0.2, 0) is 35.1 Å². The molecular formula is C41H63FN6O8S. The Labute approximate surface area is 341 Å². The van der Waals surface area contributed by atoms with Crippen LogP contribution in [0.15, 0.2) is 42.2 Å². The lowest BCUT2D eigenvalue weighted by molar-refractivity contribution is -0.267. The third-order valence-corrected chi connectivity index (χ3v) is 11.6. The molecule has 14 nitrogen and oxygen atoms in total. The van der Waals surface area contributed by atoms with E-state index in [-0.39, 0.29) is 36.0 Å². The Kier molecular flexibility index (Phi) is 17.0. The summed E-state index contributed by atoms with van der Waals surface area (Å²) in [6, 6.07) is 5.07. The van der Waals surface area contributed by atoms with E-state index in [1.54, 1.807) is 29.6 Å². The highest BCUT2D eigenvalue weighted by Gasteiger charge is 2.58. The molecule has 5 heterocycles. The maximum absolute atomic E-state index is 14.0. The first kappa shape index (κ1) is 46.3. The third-order valence-electron chi connectivity index (χ3n) is 11.6. The zero-order chi connectivity index (χ0) is 42.0. The summed E-state index contributed by atoms with van der Waals surface area (Å²) >= 11 is 0.250. The molecule has 0 aromatic carbocycles. The minimum Gasteiger partial charge on any atom is -0.458 e. The summed E-state index contributed by atoms with van der Waals surface area (Å²) in [5, 5.41) is 19.8. The molecule has 57 heavy (non-hydrogen) atoms. The van der Waals surface area contributed by atoms with Crippen LogP contribution in [-0.4, -0.2) is 128 Å². The van der Waals surface area contributed by atoms with E-state index in [1.165, 1.54) is 6.26 Å². The Morgan fingerprint density at radius 3 is 2.46 bits per heavy atom. The quantitative estimate of drug-likeness (QED) is 0.124. The van der Waals surface area contributed by atoms with Crippen molar-refractivity contribution in [2.24, 2.45) is 17.8 Å². The normalized spacial score (nSPS) is 33.7. The monoisotopic (exact) mass is 818 g/mol. The van der Waals surface area contributed by atoms with Crippen molar-refractivity contribution in [1.82, 2.24) is 29.8 Å². The van der Waals surface area contributed by atoms with Crippen molar-refractivity contribution in [2.45, 2.75) is 142 Å². The van der Waals surface area contributed by atoms with Gasteiger partial charge in [-0.15, -0.1) is 5.10 Å². The molecule has 318 valence electrons. The number of fused-ring (bicyclic) bond motifs is 1. The van der Waals surface area contributed by atoms with Crippen molar-refractivity contribution in [2.75, 3.05) is 26.9 Å². The summed E-state index contributed by atoms with van der Waals surface area (Å²) < 4.78 is 36.9. The molecule has 3 aliphatic heterocycles. The number of aliphatic hydroxyl groups is 1. The van der Waals surface area contributed by atoms with Crippen LogP contribution >= 0.6 is 12.1 Å². The second-order valence-corrected chi connectivity index (χ2v) is 16.3. The molecule has 1 amide bonds. The topological polar surface area (TPSA) is 158 Å². The fraction of sp³-hybridized carbons (Fsp3) is 0.707. The molecule has 2 saturated heterocycles. The van der Waals surface area contributed by atoms with Crippen molar-refractivity contribution >= 4 is 30.0 Å². The number of ether oxygens (including phenoxy) is 4. The number of cyclic esters (lactones) is 1. The smallest absolute Gasteiger partial charge is 0.410 e. The molecule has 2 aromatic heterocycles. The molecule has 3 aliphatic rings. The van der Waals surface area contributed by atoms with Gasteiger partial charge in [0.2, 0.25) is 0 Å². The summed E-state index contributed by atoms with van der Waals surface area (Å²) in [5.74, 6) is -2.90. The van der Waals surface area contributed by atoms with Gasteiger partial charge in [-0.3, -0.25) is 19.3 Å². The minimum absolute atomic E-state index is 0.0431. The summed E-state index contributed by atoms with van der Waals surface area (Å²) in [6.07, 6.45) is 6.79. The molecule has 0 bridgehead atoms. The average molecular weight is 819 g/mol. The van der Waals surface area contributed by atoms with Crippen LogP contribution in [0, 0.1) is 17.8 Å². The van der Waals surface area contributed by atoms with E-state index < -0.39 is 60.1 Å². The molecule has 5 rings (SSSR count). The van der Waals surface area contributed by atoms with Gasteiger partial charge in [0.25, 0.3) is 0 Å². The number of ketones is 1. The number of likely N-dealkylation sites (N-methyl/N-ethyl adjacent to an activating group) is 1. The van der Waals surface area contributed by atoms with E-state index >= 15 is 0 Å². The number of hydrogen-bond acceptors (Lipinski definition) is 13. The van der Waals surface area contributed by atoms with Crippen LogP contribution < -0.4 is 0 Å². The van der Waals surface area contributed by atoms with Gasteiger partial charge in [-0.2, -0.15) is 3.89 Å². The maximum Gasteiger partial charge on any atom is 0.410 e. The van der Waals surface area contributed by atoms with Gasteiger partial charge >= 0.3 is 12.1 Å². The van der Waals surface area contributed by atoms with Gasteiger partial charge in [0.05, 0.1) is 30.1 Å².